The highest BCUT2D eigenvalue weighted by Crippen LogP contribution is 2.15. The minimum Gasteiger partial charge on any atom is -0.477 e. The topological polar surface area (TPSA) is 108 Å². The van der Waals surface area contributed by atoms with Gasteiger partial charge in [-0.25, -0.2) is 4.79 Å². The molecule has 0 aromatic rings. The van der Waals surface area contributed by atoms with E-state index in [-0.39, 0.29) is 38.6 Å². The molecule has 0 rings (SSSR count). The molecule has 9 nitrogen and oxygen atoms in total. The largest absolute Gasteiger partial charge is 0.477 e. The van der Waals surface area contributed by atoms with Crippen LogP contribution < -0.4 is 0 Å². The van der Waals surface area contributed by atoms with Gasteiger partial charge in [0.05, 0.1) is 40.8 Å². The smallest absolute Gasteiger partial charge is 0.361 e. The molecule has 380 valence electrons. The number of carboxylic acids is 1. The van der Waals surface area contributed by atoms with Crippen LogP contribution in [0.1, 0.15) is 181 Å². The third kappa shape index (κ3) is 49.7. The van der Waals surface area contributed by atoms with Crippen molar-refractivity contribution in [1.82, 2.24) is 0 Å². The molecule has 9 heteroatoms. The molecule has 2 atom stereocenters. The molecular weight excluding hydrogens is 839 g/mol. The van der Waals surface area contributed by atoms with E-state index in [1.54, 1.807) is 6.08 Å². The van der Waals surface area contributed by atoms with Crippen LogP contribution in [0.3, 0.4) is 0 Å². The van der Waals surface area contributed by atoms with Crippen LogP contribution in [0.4, 0.5) is 0 Å². The Kier molecular flexibility index (Phi) is 45.5. The average molecular weight is 935 g/mol. The third-order valence-corrected chi connectivity index (χ3v) is 10.6. The number of ether oxygens (including phenoxy) is 4. The van der Waals surface area contributed by atoms with Gasteiger partial charge in [0.25, 0.3) is 6.29 Å². The fraction of sp³-hybridized carbons (Fsp3) is 0.638. The van der Waals surface area contributed by atoms with Gasteiger partial charge in [-0.2, -0.15) is 0 Å². The predicted molar refractivity (Wildman–Crippen MR) is 281 cm³/mol. The summed E-state index contributed by atoms with van der Waals surface area (Å²) in [5.41, 5.74) is 0. The molecule has 1 N–H and O–H groups in total. The fourth-order valence-electron chi connectivity index (χ4n) is 6.61. The molecule has 0 radical (unpaired) electrons. The van der Waals surface area contributed by atoms with Gasteiger partial charge in [0.15, 0.2) is 6.10 Å². The Morgan fingerprint density at radius 2 is 0.851 bits per heavy atom. The lowest BCUT2D eigenvalue weighted by atomic mass is 10.0. The van der Waals surface area contributed by atoms with Crippen LogP contribution in [0.2, 0.25) is 0 Å². The summed E-state index contributed by atoms with van der Waals surface area (Å²) in [5, 5.41) is 9.66. The van der Waals surface area contributed by atoms with Crippen LogP contribution >= 0.6 is 0 Å². The predicted octanol–water partition coefficient (Wildman–Crippen LogP) is 14.8. The third-order valence-electron chi connectivity index (χ3n) is 10.6. The normalized spacial score (nSPS) is 13.7. The van der Waals surface area contributed by atoms with Crippen molar-refractivity contribution >= 4 is 17.9 Å². The summed E-state index contributed by atoms with van der Waals surface area (Å²) in [6.45, 7) is 4.51. The Morgan fingerprint density at radius 1 is 0.463 bits per heavy atom. The summed E-state index contributed by atoms with van der Waals surface area (Å²) in [6, 6.07) is 0. The Hall–Kier alpha value is -4.05. The van der Waals surface area contributed by atoms with Crippen molar-refractivity contribution in [2.45, 2.75) is 193 Å². The number of allylic oxidation sites excluding steroid dienone is 17. The van der Waals surface area contributed by atoms with Gasteiger partial charge in [0.1, 0.15) is 13.2 Å². The number of quaternary nitrogens is 1. The number of carbonyl (C=O) groups excluding carboxylic acids is 2. The van der Waals surface area contributed by atoms with E-state index in [0.29, 0.717) is 17.4 Å². The van der Waals surface area contributed by atoms with Crippen molar-refractivity contribution in [2.75, 3.05) is 47.5 Å². The van der Waals surface area contributed by atoms with Crippen LogP contribution in [0.25, 0.3) is 0 Å². The fourth-order valence-corrected chi connectivity index (χ4v) is 6.61. The van der Waals surface area contributed by atoms with E-state index >= 15 is 0 Å². The van der Waals surface area contributed by atoms with Gasteiger partial charge in [0, 0.05) is 6.42 Å². The van der Waals surface area contributed by atoms with Gasteiger partial charge in [-0.05, 0) is 77.0 Å². The van der Waals surface area contributed by atoms with Crippen molar-refractivity contribution in [1.29, 1.82) is 0 Å². The summed E-state index contributed by atoms with van der Waals surface area (Å²) in [4.78, 5) is 37.2. The van der Waals surface area contributed by atoms with Crippen molar-refractivity contribution in [3.63, 3.8) is 0 Å². The standard InChI is InChI=1S/C58H95NO8/c1-6-8-10-12-14-16-18-20-22-23-24-25-26-27-28-29-30-31-32-33-35-36-38-40-42-44-46-48-55(60)65-52-54(53-66-58(57(62)63)64-51-50-59(3,4)5)67-56(61)49-47-45-43-41-39-37-34-21-19-17-15-13-11-9-7-2/h8-11,14-17,20-22,24-25,34,39,41,45,47,54,58H,6-7,12-13,18-19,23,26-33,35-38,40,42-44,46,48-53H2,1-5H3/p+1/b10-8-,11-9-,16-14-,17-15-,22-20-,25-24-,34-21-,41-39-,47-45-. The first-order chi connectivity index (χ1) is 32.6. The molecule has 0 aromatic heterocycles. The van der Waals surface area contributed by atoms with Crippen molar-refractivity contribution in [3.05, 3.63) is 109 Å². The summed E-state index contributed by atoms with van der Waals surface area (Å²) in [6.07, 6.45) is 63.4. The van der Waals surface area contributed by atoms with Gasteiger partial charge in [-0.1, -0.05) is 200 Å². The molecule has 0 saturated heterocycles. The SMILES string of the molecule is CC/C=C\C/C=C\C/C=C\C/C=C\C/C=C\CC(=O)OC(COC(=O)CCCCCCCCCCCCCCCC/C=C\C/C=C\C/C=C\C/C=C\CC)COC(OCC[N+](C)(C)C)C(=O)O. The van der Waals surface area contributed by atoms with Crippen LogP contribution in [0.15, 0.2) is 109 Å². The number of hydrogen-bond donors (Lipinski definition) is 1. The molecule has 0 heterocycles. The number of aliphatic carboxylic acids is 1. The van der Waals surface area contributed by atoms with Gasteiger partial charge in [0.2, 0.25) is 0 Å². The highest BCUT2D eigenvalue weighted by Gasteiger charge is 2.25. The summed E-state index contributed by atoms with van der Waals surface area (Å²) in [5.74, 6) is -2.18. The number of carbonyl (C=O) groups is 3. The molecular formula is C58H96NO8+. The van der Waals surface area contributed by atoms with Gasteiger partial charge >= 0.3 is 17.9 Å². The van der Waals surface area contributed by atoms with E-state index in [9.17, 15) is 19.5 Å². The zero-order valence-electron chi connectivity index (χ0n) is 43.0. The molecule has 0 aliphatic carbocycles. The van der Waals surface area contributed by atoms with E-state index in [1.807, 2.05) is 33.3 Å². The molecule has 67 heavy (non-hydrogen) atoms. The van der Waals surface area contributed by atoms with Crippen LogP contribution in [0.5, 0.6) is 0 Å². The molecule has 0 fully saturated rings. The molecule has 0 bridgehead atoms. The molecule has 0 aliphatic rings. The number of esters is 2. The zero-order chi connectivity index (χ0) is 49.2. The maximum absolute atomic E-state index is 12.7. The second-order valence-electron chi connectivity index (χ2n) is 18.1. The van der Waals surface area contributed by atoms with E-state index in [1.165, 1.54) is 77.0 Å². The zero-order valence-corrected chi connectivity index (χ0v) is 43.0. The highest BCUT2D eigenvalue weighted by molar-refractivity contribution is 5.72. The second-order valence-corrected chi connectivity index (χ2v) is 18.1. The minimum absolute atomic E-state index is 0.0228. The van der Waals surface area contributed by atoms with Gasteiger partial charge in [-0.3, -0.25) is 9.59 Å². The first kappa shape index (κ1) is 63.0. The van der Waals surface area contributed by atoms with Crippen molar-refractivity contribution in [2.24, 2.45) is 0 Å². The van der Waals surface area contributed by atoms with Gasteiger partial charge in [-0.15, -0.1) is 0 Å². The highest BCUT2D eigenvalue weighted by atomic mass is 16.7. The maximum atomic E-state index is 12.7. The Balaban J connectivity index is 4.32. The van der Waals surface area contributed by atoms with E-state index in [0.717, 1.165) is 70.6 Å². The number of hydrogen-bond acceptors (Lipinski definition) is 7. The minimum atomic E-state index is -1.54. The Labute approximate surface area is 409 Å². The van der Waals surface area contributed by atoms with E-state index < -0.39 is 24.3 Å². The molecule has 0 amide bonds. The first-order valence-electron chi connectivity index (χ1n) is 26.1. The summed E-state index contributed by atoms with van der Waals surface area (Å²) >= 11 is 0. The number of unbranched alkanes of at least 4 members (excludes halogenated alkanes) is 14. The molecule has 0 saturated carbocycles. The number of likely N-dealkylation sites (N-methyl/N-ethyl adjacent to an activating group) is 1. The van der Waals surface area contributed by atoms with Crippen molar-refractivity contribution in [3.8, 4) is 0 Å². The molecule has 0 aliphatic heterocycles. The van der Waals surface area contributed by atoms with E-state index in [2.05, 4.69) is 105 Å². The molecule has 0 spiro atoms. The summed E-state index contributed by atoms with van der Waals surface area (Å²) in [7, 11) is 5.92. The van der Waals surface area contributed by atoms with E-state index in [4.69, 9.17) is 18.9 Å². The van der Waals surface area contributed by atoms with Crippen LogP contribution in [-0.2, 0) is 33.3 Å². The summed E-state index contributed by atoms with van der Waals surface area (Å²) < 4.78 is 22.6. The second kappa shape index (κ2) is 48.4. The van der Waals surface area contributed by atoms with Gasteiger partial charge < -0.3 is 28.5 Å². The Morgan fingerprint density at radius 3 is 1.27 bits per heavy atom. The lowest BCUT2D eigenvalue weighted by Crippen LogP contribution is -2.40. The molecule has 0 aromatic carbocycles. The number of rotatable bonds is 46. The maximum Gasteiger partial charge on any atom is 0.361 e. The van der Waals surface area contributed by atoms with Crippen LogP contribution in [-0.4, -0.2) is 87.4 Å². The number of carboxylic acid groups (broad SMARTS) is 1. The lowest BCUT2D eigenvalue weighted by Gasteiger charge is -2.25. The van der Waals surface area contributed by atoms with Crippen LogP contribution in [0, 0.1) is 0 Å². The number of nitrogens with zero attached hydrogens (tertiary/aromatic N) is 1. The van der Waals surface area contributed by atoms with Crippen molar-refractivity contribution < 1.29 is 42.9 Å². The quantitative estimate of drug-likeness (QED) is 0.0211. The first-order valence-corrected chi connectivity index (χ1v) is 26.1. The molecule has 2 unspecified atom stereocenters. The average Bonchev–Trinajstić information content (AvgIpc) is 3.29. The lowest BCUT2D eigenvalue weighted by molar-refractivity contribution is -0.870. The monoisotopic (exact) mass is 935 g/mol. The Bertz CT molecular complexity index is 1460.